The molecule has 0 spiro atoms. The molecule has 0 bridgehead atoms. The quantitative estimate of drug-likeness (QED) is 0.837. The van der Waals surface area contributed by atoms with Crippen molar-refractivity contribution in [3.05, 3.63) is 0 Å². The van der Waals surface area contributed by atoms with Gasteiger partial charge in [0.2, 0.25) is 0 Å². The summed E-state index contributed by atoms with van der Waals surface area (Å²) in [6.07, 6.45) is 5.63. The Morgan fingerprint density at radius 2 is 1.89 bits per heavy atom. The molecule has 19 heavy (non-hydrogen) atoms. The molecule has 0 aromatic carbocycles. The zero-order valence-electron chi connectivity index (χ0n) is 13.7. The fourth-order valence-electron chi connectivity index (χ4n) is 4.20. The molecule has 2 heteroatoms. The molecule has 1 N–H and O–H groups in total. The summed E-state index contributed by atoms with van der Waals surface area (Å²) in [4.78, 5) is 2.88. The van der Waals surface area contributed by atoms with Crippen molar-refractivity contribution >= 4 is 0 Å². The summed E-state index contributed by atoms with van der Waals surface area (Å²) in [5.41, 5.74) is 0. The molecule has 1 saturated heterocycles. The molecule has 0 aromatic heterocycles. The maximum atomic E-state index is 3.81. The third-order valence-electron chi connectivity index (χ3n) is 5.24. The van der Waals surface area contributed by atoms with Crippen molar-refractivity contribution in [3.8, 4) is 0 Å². The highest BCUT2D eigenvalue weighted by molar-refractivity contribution is 4.94. The summed E-state index contributed by atoms with van der Waals surface area (Å²) in [7, 11) is 0. The molecule has 1 saturated carbocycles. The fourth-order valence-corrected chi connectivity index (χ4v) is 4.20. The highest BCUT2D eigenvalue weighted by Crippen LogP contribution is 2.33. The van der Waals surface area contributed by atoms with E-state index >= 15 is 0 Å². The van der Waals surface area contributed by atoms with Crippen molar-refractivity contribution in [1.82, 2.24) is 10.2 Å². The Morgan fingerprint density at radius 3 is 2.42 bits per heavy atom. The van der Waals surface area contributed by atoms with Crippen molar-refractivity contribution in [3.63, 3.8) is 0 Å². The van der Waals surface area contributed by atoms with E-state index in [-0.39, 0.29) is 0 Å². The number of rotatable bonds is 4. The molecular weight excluding hydrogens is 232 g/mol. The number of nitrogens with zero attached hydrogens (tertiary/aromatic N) is 1. The first-order valence-electron chi connectivity index (χ1n) is 8.48. The van der Waals surface area contributed by atoms with Crippen LogP contribution in [0.15, 0.2) is 0 Å². The second kappa shape index (κ2) is 6.58. The standard InChI is InChI=1S/C17H34N2/c1-12(2)9-15-11-19(16-8-6-7-14(16)5)17(10-18-15)13(3)4/h12-18H,6-11H2,1-5H3. The molecule has 0 amide bonds. The average molecular weight is 266 g/mol. The lowest BCUT2D eigenvalue weighted by Crippen LogP contribution is -2.61. The Bertz CT molecular complexity index is 272. The maximum Gasteiger partial charge on any atom is 0.0247 e. The van der Waals surface area contributed by atoms with Crippen LogP contribution in [0.1, 0.15) is 60.3 Å². The van der Waals surface area contributed by atoms with Gasteiger partial charge in [-0.1, -0.05) is 41.0 Å². The SMILES string of the molecule is CC(C)CC1CN(C2CCCC2C)C(C(C)C)CN1. The first-order valence-corrected chi connectivity index (χ1v) is 8.48. The molecule has 1 aliphatic carbocycles. The Morgan fingerprint density at radius 1 is 1.16 bits per heavy atom. The summed E-state index contributed by atoms with van der Waals surface area (Å²) in [6.45, 7) is 14.4. The number of piperazine rings is 1. The molecule has 0 radical (unpaired) electrons. The molecule has 112 valence electrons. The first kappa shape index (κ1) is 15.3. The van der Waals surface area contributed by atoms with E-state index in [9.17, 15) is 0 Å². The Labute approximate surface area is 120 Å². The van der Waals surface area contributed by atoms with E-state index in [1.807, 2.05) is 0 Å². The Kier molecular flexibility index (Phi) is 5.30. The Balaban J connectivity index is 2.04. The molecule has 1 heterocycles. The lowest BCUT2D eigenvalue weighted by molar-refractivity contribution is 0.0382. The van der Waals surface area contributed by atoms with Crippen LogP contribution in [0.3, 0.4) is 0 Å². The molecule has 4 unspecified atom stereocenters. The zero-order valence-corrected chi connectivity index (χ0v) is 13.7. The van der Waals surface area contributed by atoms with E-state index in [1.165, 1.54) is 38.8 Å². The lowest BCUT2D eigenvalue weighted by Gasteiger charge is -2.47. The van der Waals surface area contributed by atoms with Gasteiger partial charge in [0.25, 0.3) is 0 Å². The normalized spacial score (nSPS) is 37.4. The minimum atomic E-state index is 0.711. The molecule has 2 fully saturated rings. The van der Waals surface area contributed by atoms with E-state index in [4.69, 9.17) is 0 Å². The Hall–Kier alpha value is -0.0800. The predicted molar refractivity (Wildman–Crippen MR) is 83.4 cm³/mol. The van der Waals surface area contributed by atoms with Crippen molar-refractivity contribution < 1.29 is 0 Å². The average Bonchev–Trinajstić information content (AvgIpc) is 2.74. The van der Waals surface area contributed by atoms with Crippen LogP contribution in [-0.2, 0) is 0 Å². The van der Waals surface area contributed by atoms with Crippen LogP contribution >= 0.6 is 0 Å². The zero-order chi connectivity index (χ0) is 14.0. The number of hydrogen-bond acceptors (Lipinski definition) is 2. The second-order valence-electron chi connectivity index (χ2n) is 7.72. The predicted octanol–water partition coefficient (Wildman–Crippen LogP) is 3.52. The largest absolute Gasteiger partial charge is 0.311 e. The molecule has 2 nitrogen and oxygen atoms in total. The summed E-state index contributed by atoms with van der Waals surface area (Å²) >= 11 is 0. The number of hydrogen-bond donors (Lipinski definition) is 1. The van der Waals surface area contributed by atoms with Crippen LogP contribution in [0.4, 0.5) is 0 Å². The monoisotopic (exact) mass is 266 g/mol. The van der Waals surface area contributed by atoms with Gasteiger partial charge in [0.05, 0.1) is 0 Å². The summed E-state index contributed by atoms with van der Waals surface area (Å²) < 4.78 is 0. The van der Waals surface area contributed by atoms with E-state index in [0.29, 0.717) is 6.04 Å². The van der Waals surface area contributed by atoms with Gasteiger partial charge in [-0.3, -0.25) is 4.90 Å². The van der Waals surface area contributed by atoms with Gasteiger partial charge in [-0.2, -0.15) is 0 Å². The van der Waals surface area contributed by atoms with Crippen LogP contribution in [0.25, 0.3) is 0 Å². The fraction of sp³-hybridized carbons (Fsp3) is 1.00. The molecule has 1 aliphatic heterocycles. The van der Waals surface area contributed by atoms with Crippen LogP contribution < -0.4 is 5.32 Å². The maximum absolute atomic E-state index is 3.81. The van der Waals surface area contributed by atoms with E-state index in [0.717, 1.165) is 29.8 Å². The van der Waals surface area contributed by atoms with Gasteiger partial charge in [0.1, 0.15) is 0 Å². The highest BCUT2D eigenvalue weighted by Gasteiger charge is 2.38. The number of nitrogens with one attached hydrogen (secondary N) is 1. The van der Waals surface area contributed by atoms with Gasteiger partial charge >= 0.3 is 0 Å². The molecule has 2 rings (SSSR count). The van der Waals surface area contributed by atoms with Gasteiger partial charge in [-0.15, -0.1) is 0 Å². The molecule has 0 aromatic rings. The van der Waals surface area contributed by atoms with Crippen molar-refractivity contribution in [1.29, 1.82) is 0 Å². The van der Waals surface area contributed by atoms with Gasteiger partial charge in [-0.25, -0.2) is 0 Å². The highest BCUT2D eigenvalue weighted by atomic mass is 15.3. The summed E-state index contributed by atoms with van der Waals surface area (Å²) in [5, 5.41) is 3.81. The van der Waals surface area contributed by atoms with Crippen LogP contribution in [0, 0.1) is 17.8 Å². The second-order valence-corrected chi connectivity index (χ2v) is 7.72. The first-order chi connectivity index (χ1) is 8.99. The lowest BCUT2D eigenvalue weighted by atomic mass is 9.91. The minimum absolute atomic E-state index is 0.711. The van der Waals surface area contributed by atoms with Crippen LogP contribution in [0.5, 0.6) is 0 Å². The summed E-state index contributed by atoms with van der Waals surface area (Å²) in [5.74, 6) is 2.47. The van der Waals surface area contributed by atoms with Gasteiger partial charge < -0.3 is 5.32 Å². The smallest absolute Gasteiger partial charge is 0.0247 e. The van der Waals surface area contributed by atoms with Crippen molar-refractivity contribution in [2.24, 2.45) is 17.8 Å². The van der Waals surface area contributed by atoms with Gasteiger partial charge in [0.15, 0.2) is 0 Å². The van der Waals surface area contributed by atoms with E-state index < -0.39 is 0 Å². The van der Waals surface area contributed by atoms with Crippen molar-refractivity contribution in [2.45, 2.75) is 78.4 Å². The molecule has 2 aliphatic rings. The molecule has 4 atom stereocenters. The molecular formula is C17H34N2. The third kappa shape index (κ3) is 3.72. The van der Waals surface area contributed by atoms with E-state index in [2.05, 4.69) is 44.8 Å². The van der Waals surface area contributed by atoms with E-state index in [1.54, 1.807) is 0 Å². The van der Waals surface area contributed by atoms with Crippen LogP contribution in [0.2, 0.25) is 0 Å². The van der Waals surface area contributed by atoms with Gasteiger partial charge in [0, 0.05) is 31.2 Å². The van der Waals surface area contributed by atoms with Crippen molar-refractivity contribution in [2.75, 3.05) is 13.1 Å². The van der Waals surface area contributed by atoms with Crippen LogP contribution in [-0.4, -0.2) is 36.1 Å². The minimum Gasteiger partial charge on any atom is -0.311 e. The van der Waals surface area contributed by atoms with Gasteiger partial charge in [-0.05, 0) is 37.0 Å². The summed E-state index contributed by atoms with van der Waals surface area (Å²) in [6, 6.07) is 2.31. The third-order valence-corrected chi connectivity index (χ3v) is 5.24. The topological polar surface area (TPSA) is 15.3 Å².